The average molecular weight is 343 g/mol. The van der Waals surface area contributed by atoms with Gasteiger partial charge in [-0.05, 0) is 49.0 Å². The molecule has 3 rings (SSSR count). The monoisotopic (exact) mass is 342 g/mol. The van der Waals surface area contributed by atoms with Gasteiger partial charge in [-0.25, -0.2) is 0 Å². The van der Waals surface area contributed by atoms with Crippen molar-refractivity contribution in [2.75, 3.05) is 39.1 Å². The Hall–Kier alpha value is -1.84. The number of anilines is 1. The van der Waals surface area contributed by atoms with Crippen LogP contribution >= 0.6 is 11.6 Å². The van der Waals surface area contributed by atoms with Gasteiger partial charge in [-0.15, -0.1) is 0 Å². The molecular formula is C20H23ClN2O. The largest absolute Gasteiger partial charge is 0.378 e. The molecule has 4 heteroatoms. The second-order valence-electron chi connectivity index (χ2n) is 6.79. The van der Waals surface area contributed by atoms with E-state index < -0.39 is 0 Å². The van der Waals surface area contributed by atoms with Crippen molar-refractivity contribution in [1.29, 1.82) is 0 Å². The van der Waals surface area contributed by atoms with E-state index in [2.05, 4.69) is 41.1 Å². The molecular weight excluding hydrogens is 320 g/mol. The van der Waals surface area contributed by atoms with Crippen LogP contribution in [0.15, 0.2) is 48.5 Å². The highest BCUT2D eigenvalue weighted by Gasteiger charge is 2.37. The van der Waals surface area contributed by atoms with E-state index in [1.165, 1.54) is 11.3 Å². The predicted molar refractivity (Wildman–Crippen MR) is 100 cm³/mol. The van der Waals surface area contributed by atoms with Gasteiger partial charge in [0, 0.05) is 55.3 Å². The third-order valence-corrected chi connectivity index (χ3v) is 5.06. The number of halogens is 1. The van der Waals surface area contributed by atoms with Gasteiger partial charge in [-0.3, -0.25) is 4.79 Å². The van der Waals surface area contributed by atoms with E-state index in [-0.39, 0.29) is 17.6 Å². The number of rotatable bonds is 4. The first-order valence-corrected chi connectivity index (χ1v) is 8.59. The number of nitrogens with zero attached hydrogens (tertiary/aromatic N) is 2. The lowest BCUT2D eigenvalue weighted by Gasteiger charge is -2.19. The lowest BCUT2D eigenvalue weighted by atomic mass is 9.84. The Kier molecular flexibility index (Phi) is 4.93. The Labute approximate surface area is 148 Å². The molecule has 0 bridgehead atoms. The number of carbonyl (C=O) groups excluding carboxylic acids is 1. The fourth-order valence-electron chi connectivity index (χ4n) is 3.45. The number of carbonyl (C=O) groups is 1. The highest BCUT2D eigenvalue weighted by molar-refractivity contribution is 6.30. The lowest BCUT2D eigenvalue weighted by molar-refractivity contribution is 0.0915. The fourth-order valence-corrected chi connectivity index (χ4v) is 3.58. The Morgan fingerprint density at radius 1 is 1.04 bits per heavy atom. The minimum absolute atomic E-state index is 0.0126. The van der Waals surface area contributed by atoms with Crippen LogP contribution in [-0.2, 0) is 0 Å². The lowest BCUT2D eigenvalue weighted by Crippen LogP contribution is -2.22. The summed E-state index contributed by atoms with van der Waals surface area (Å²) in [7, 11) is 6.15. The molecule has 2 atom stereocenters. The van der Waals surface area contributed by atoms with Crippen LogP contribution in [0.3, 0.4) is 0 Å². The molecule has 2 aromatic rings. The van der Waals surface area contributed by atoms with Gasteiger partial charge in [-0.1, -0.05) is 23.7 Å². The third-order valence-electron chi connectivity index (χ3n) is 4.81. The van der Waals surface area contributed by atoms with Crippen molar-refractivity contribution in [2.24, 2.45) is 5.92 Å². The number of hydrogen-bond donors (Lipinski definition) is 0. The summed E-state index contributed by atoms with van der Waals surface area (Å²) in [6.07, 6.45) is 0. The van der Waals surface area contributed by atoms with Gasteiger partial charge in [-0.2, -0.15) is 0 Å². The van der Waals surface area contributed by atoms with Crippen molar-refractivity contribution < 1.29 is 4.79 Å². The van der Waals surface area contributed by atoms with E-state index in [9.17, 15) is 4.79 Å². The predicted octanol–water partition coefficient (Wildman–Crippen LogP) is 3.93. The summed E-state index contributed by atoms with van der Waals surface area (Å²) in [5, 5.41) is 0.658. The van der Waals surface area contributed by atoms with E-state index >= 15 is 0 Å². The molecule has 24 heavy (non-hydrogen) atoms. The zero-order chi connectivity index (χ0) is 17.3. The van der Waals surface area contributed by atoms with Crippen LogP contribution in [0.4, 0.5) is 5.69 Å². The summed E-state index contributed by atoms with van der Waals surface area (Å²) >= 11 is 5.94. The van der Waals surface area contributed by atoms with E-state index in [4.69, 9.17) is 11.6 Å². The van der Waals surface area contributed by atoms with Gasteiger partial charge in [0.2, 0.25) is 0 Å². The summed E-state index contributed by atoms with van der Waals surface area (Å²) in [6, 6.07) is 15.8. The molecule has 0 aromatic heterocycles. The highest BCUT2D eigenvalue weighted by Crippen LogP contribution is 2.35. The number of ketones is 1. The summed E-state index contributed by atoms with van der Waals surface area (Å²) in [5.74, 6) is 0.425. The zero-order valence-electron chi connectivity index (χ0n) is 14.4. The van der Waals surface area contributed by atoms with E-state index in [0.29, 0.717) is 5.02 Å². The van der Waals surface area contributed by atoms with E-state index in [1.54, 1.807) is 12.1 Å². The van der Waals surface area contributed by atoms with Crippen LogP contribution in [-0.4, -0.2) is 44.9 Å². The second-order valence-corrected chi connectivity index (χ2v) is 7.23. The van der Waals surface area contributed by atoms with E-state index in [0.717, 1.165) is 18.7 Å². The van der Waals surface area contributed by atoms with Crippen molar-refractivity contribution in [3.8, 4) is 0 Å². The summed E-state index contributed by atoms with van der Waals surface area (Å²) < 4.78 is 0. The maximum Gasteiger partial charge on any atom is 0.167 e. The molecule has 1 heterocycles. The summed E-state index contributed by atoms with van der Waals surface area (Å²) in [5.41, 5.74) is 3.15. The molecule has 0 amide bonds. The number of likely N-dealkylation sites (tertiary alicyclic amines) is 1. The summed E-state index contributed by atoms with van der Waals surface area (Å²) in [6.45, 7) is 1.70. The average Bonchev–Trinajstić information content (AvgIpc) is 2.97. The standard InChI is InChI=1S/C20H23ClN2O/c1-22(2)17-10-6-14(7-11-17)18-12-23(3)13-19(18)20(24)15-4-8-16(21)9-5-15/h4-11,18-19H,12-13H2,1-3H3/t18-,19+/m1/s1. The molecule has 1 saturated heterocycles. The molecule has 0 N–H and O–H groups in total. The van der Waals surface area contributed by atoms with Gasteiger partial charge in [0.25, 0.3) is 0 Å². The number of benzene rings is 2. The molecule has 0 unspecified atom stereocenters. The Balaban J connectivity index is 1.86. The normalized spacial score (nSPS) is 21.0. The molecule has 0 saturated carbocycles. The van der Waals surface area contributed by atoms with Crippen molar-refractivity contribution in [3.05, 3.63) is 64.7 Å². The molecule has 2 aromatic carbocycles. The first-order valence-electron chi connectivity index (χ1n) is 8.21. The molecule has 0 spiro atoms. The minimum Gasteiger partial charge on any atom is -0.378 e. The first kappa shape index (κ1) is 17.0. The van der Waals surface area contributed by atoms with Gasteiger partial charge in [0.15, 0.2) is 5.78 Å². The van der Waals surface area contributed by atoms with Gasteiger partial charge >= 0.3 is 0 Å². The maximum absolute atomic E-state index is 13.0. The SMILES string of the molecule is CN1C[C@H](C(=O)c2ccc(Cl)cc2)[C@@H](c2ccc(N(C)C)cc2)C1. The van der Waals surface area contributed by atoms with Crippen molar-refractivity contribution in [1.82, 2.24) is 4.90 Å². The Morgan fingerprint density at radius 2 is 1.67 bits per heavy atom. The number of hydrogen-bond acceptors (Lipinski definition) is 3. The van der Waals surface area contributed by atoms with Gasteiger partial charge < -0.3 is 9.80 Å². The smallest absolute Gasteiger partial charge is 0.167 e. The molecule has 1 aliphatic heterocycles. The molecule has 0 aliphatic carbocycles. The van der Waals surface area contributed by atoms with Crippen molar-refractivity contribution in [3.63, 3.8) is 0 Å². The third kappa shape index (κ3) is 3.47. The van der Waals surface area contributed by atoms with Crippen LogP contribution in [0.2, 0.25) is 5.02 Å². The molecule has 1 fully saturated rings. The zero-order valence-corrected chi connectivity index (χ0v) is 15.1. The number of Topliss-reactive ketones (excluding diaryl/α,β-unsaturated/α-hetero) is 1. The molecule has 3 nitrogen and oxygen atoms in total. The van der Waals surface area contributed by atoms with Crippen LogP contribution in [0.25, 0.3) is 0 Å². The van der Waals surface area contributed by atoms with Crippen LogP contribution < -0.4 is 4.90 Å². The Morgan fingerprint density at radius 3 is 2.25 bits per heavy atom. The van der Waals surface area contributed by atoms with Crippen LogP contribution in [0.1, 0.15) is 21.8 Å². The highest BCUT2D eigenvalue weighted by atomic mass is 35.5. The minimum atomic E-state index is -0.0126. The van der Waals surface area contributed by atoms with Crippen molar-refractivity contribution >= 4 is 23.1 Å². The van der Waals surface area contributed by atoms with Crippen LogP contribution in [0, 0.1) is 5.92 Å². The maximum atomic E-state index is 13.0. The van der Waals surface area contributed by atoms with Crippen LogP contribution in [0.5, 0.6) is 0 Å². The van der Waals surface area contributed by atoms with E-state index in [1.807, 2.05) is 26.2 Å². The molecule has 1 aliphatic rings. The first-order chi connectivity index (χ1) is 11.5. The second kappa shape index (κ2) is 6.96. The fraction of sp³-hybridized carbons (Fsp3) is 0.350. The quantitative estimate of drug-likeness (QED) is 0.786. The van der Waals surface area contributed by atoms with Gasteiger partial charge in [0.05, 0.1) is 0 Å². The van der Waals surface area contributed by atoms with Gasteiger partial charge in [0.1, 0.15) is 0 Å². The Bertz CT molecular complexity index is 709. The van der Waals surface area contributed by atoms with Crippen molar-refractivity contribution in [2.45, 2.75) is 5.92 Å². The summed E-state index contributed by atoms with van der Waals surface area (Å²) in [4.78, 5) is 17.3. The molecule has 126 valence electrons. The number of likely N-dealkylation sites (N-methyl/N-ethyl adjacent to an activating group) is 1. The topological polar surface area (TPSA) is 23.6 Å². The molecule has 0 radical (unpaired) electrons.